The van der Waals surface area contributed by atoms with E-state index >= 15 is 0 Å². The molecule has 1 saturated heterocycles. The predicted molar refractivity (Wildman–Crippen MR) is 128 cm³/mol. The molecule has 1 aliphatic heterocycles. The molecule has 1 aliphatic rings. The Bertz CT molecular complexity index is 1280. The van der Waals surface area contributed by atoms with Gasteiger partial charge in [0.15, 0.2) is 11.6 Å². The summed E-state index contributed by atoms with van der Waals surface area (Å²) in [5.41, 5.74) is 3.71. The minimum atomic E-state index is -0.321. The number of hydrogen-bond acceptors (Lipinski definition) is 5. The first kappa shape index (κ1) is 21.8. The van der Waals surface area contributed by atoms with Crippen LogP contribution >= 0.6 is 0 Å². The van der Waals surface area contributed by atoms with Crippen molar-refractivity contribution in [3.05, 3.63) is 101 Å². The van der Waals surface area contributed by atoms with Crippen LogP contribution in [0.2, 0.25) is 0 Å². The van der Waals surface area contributed by atoms with Crippen LogP contribution in [0.1, 0.15) is 27.4 Å². The van der Waals surface area contributed by atoms with Crippen molar-refractivity contribution in [1.82, 2.24) is 14.9 Å². The summed E-state index contributed by atoms with van der Waals surface area (Å²) < 4.78 is 19.2. The van der Waals surface area contributed by atoms with E-state index in [0.29, 0.717) is 49.7 Å². The average molecular weight is 457 g/mol. The van der Waals surface area contributed by atoms with Crippen LogP contribution in [0, 0.1) is 12.7 Å². The molecule has 7 heteroatoms. The first-order valence-corrected chi connectivity index (χ1v) is 11.3. The van der Waals surface area contributed by atoms with E-state index in [9.17, 15) is 9.18 Å². The van der Waals surface area contributed by atoms with E-state index < -0.39 is 0 Å². The molecule has 172 valence electrons. The Balaban J connectivity index is 1.47. The van der Waals surface area contributed by atoms with Crippen LogP contribution in [-0.2, 0) is 6.42 Å². The van der Waals surface area contributed by atoms with Gasteiger partial charge < -0.3 is 14.2 Å². The number of piperazine rings is 1. The topological polar surface area (TPSA) is 62.5 Å². The monoisotopic (exact) mass is 456 g/mol. The number of carbonyl (C=O) groups excluding carboxylic acids is 1. The summed E-state index contributed by atoms with van der Waals surface area (Å²) >= 11 is 0. The van der Waals surface area contributed by atoms with E-state index in [4.69, 9.17) is 14.4 Å². The highest BCUT2D eigenvalue weighted by atomic mass is 19.1. The average Bonchev–Trinajstić information content (AvgIpc) is 3.41. The Morgan fingerprint density at radius 3 is 2.47 bits per heavy atom. The maximum atomic E-state index is 13.9. The summed E-state index contributed by atoms with van der Waals surface area (Å²) in [5.74, 6) is 1.26. The zero-order chi connectivity index (χ0) is 23.5. The van der Waals surface area contributed by atoms with Crippen LogP contribution in [0.4, 0.5) is 10.2 Å². The van der Waals surface area contributed by atoms with Crippen LogP contribution < -0.4 is 4.90 Å². The first-order valence-electron chi connectivity index (χ1n) is 11.3. The highest BCUT2D eigenvalue weighted by Crippen LogP contribution is 2.28. The van der Waals surface area contributed by atoms with Crippen LogP contribution in [0.3, 0.4) is 0 Å². The van der Waals surface area contributed by atoms with Gasteiger partial charge in [-0.25, -0.2) is 14.4 Å². The van der Waals surface area contributed by atoms with Crippen molar-refractivity contribution in [3.8, 4) is 11.4 Å². The second kappa shape index (κ2) is 9.47. The number of nitrogens with zero attached hydrogens (tertiary/aromatic N) is 4. The molecule has 0 saturated carbocycles. The fourth-order valence-electron chi connectivity index (χ4n) is 4.28. The van der Waals surface area contributed by atoms with Crippen molar-refractivity contribution in [2.75, 3.05) is 31.1 Å². The standard InChI is InChI=1S/C27H25FN4O2/c1-19-23(17-20-7-3-2-4-8-20)26(30-25(29-19)21-9-5-10-22(28)18-21)31-12-14-32(15-13-31)27(33)24-11-6-16-34-24/h2-11,16,18H,12-15,17H2,1H3. The molecule has 2 aromatic carbocycles. The van der Waals surface area contributed by atoms with Crippen LogP contribution in [0.5, 0.6) is 0 Å². The van der Waals surface area contributed by atoms with Gasteiger partial charge >= 0.3 is 0 Å². The van der Waals surface area contributed by atoms with E-state index in [1.54, 1.807) is 23.1 Å². The van der Waals surface area contributed by atoms with Gasteiger partial charge in [0.25, 0.3) is 5.91 Å². The molecule has 5 rings (SSSR count). The fourth-order valence-corrected chi connectivity index (χ4v) is 4.28. The molecule has 1 fully saturated rings. The highest BCUT2D eigenvalue weighted by molar-refractivity contribution is 5.91. The van der Waals surface area contributed by atoms with E-state index in [1.165, 1.54) is 24.0 Å². The van der Waals surface area contributed by atoms with E-state index in [0.717, 1.165) is 17.1 Å². The molecule has 0 N–H and O–H groups in total. The maximum absolute atomic E-state index is 13.9. The lowest BCUT2D eigenvalue weighted by molar-refractivity contribution is 0.0714. The highest BCUT2D eigenvalue weighted by Gasteiger charge is 2.27. The Morgan fingerprint density at radius 2 is 1.76 bits per heavy atom. The zero-order valence-electron chi connectivity index (χ0n) is 18.9. The van der Waals surface area contributed by atoms with Crippen molar-refractivity contribution in [2.24, 2.45) is 0 Å². The van der Waals surface area contributed by atoms with E-state index in [2.05, 4.69) is 17.0 Å². The summed E-state index contributed by atoms with van der Waals surface area (Å²) in [6, 6.07) is 20.0. The number of aryl methyl sites for hydroxylation is 1. The zero-order valence-corrected chi connectivity index (χ0v) is 18.9. The smallest absolute Gasteiger partial charge is 0.289 e. The number of hydrogen-bond donors (Lipinski definition) is 0. The number of amides is 1. The lowest BCUT2D eigenvalue weighted by atomic mass is 10.0. The fraction of sp³-hybridized carbons (Fsp3) is 0.222. The number of benzene rings is 2. The van der Waals surface area contributed by atoms with Crippen molar-refractivity contribution in [3.63, 3.8) is 0 Å². The van der Waals surface area contributed by atoms with Crippen molar-refractivity contribution in [2.45, 2.75) is 13.3 Å². The third kappa shape index (κ3) is 4.55. The molecule has 0 spiro atoms. The molecule has 0 aliphatic carbocycles. The van der Waals surface area contributed by atoms with Gasteiger partial charge in [-0.1, -0.05) is 42.5 Å². The summed E-state index contributed by atoms with van der Waals surface area (Å²) in [7, 11) is 0. The molecule has 1 amide bonds. The van der Waals surface area contributed by atoms with Crippen LogP contribution in [-0.4, -0.2) is 47.0 Å². The number of anilines is 1. The largest absolute Gasteiger partial charge is 0.459 e. The Kier molecular flexibility index (Phi) is 6.08. The summed E-state index contributed by atoms with van der Waals surface area (Å²) in [5, 5.41) is 0. The summed E-state index contributed by atoms with van der Waals surface area (Å²) in [6.07, 6.45) is 2.20. The number of rotatable bonds is 5. The summed E-state index contributed by atoms with van der Waals surface area (Å²) in [6.45, 7) is 4.36. The molecular weight excluding hydrogens is 431 g/mol. The van der Waals surface area contributed by atoms with Gasteiger partial charge in [0, 0.05) is 49.4 Å². The normalized spacial score (nSPS) is 13.8. The van der Waals surface area contributed by atoms with Gasteiger partial charge in [-0.05, 0) is 36.8 Å². The molecule has 0 atom stereocenters. The van der Waals surface area contributed by atoms with Gasteiger partial charge in [0.2, 0.25) is 0 Å². The molecule has 6 nitrogen and oxygen atoms in total. The minimum Gasteiger partial charge on any atom is -0.459 e. The van der Waals surface area contributed by atoms with Crippen LogP contribution in [0.15, 0.2) is 77.4 Å². The third-order valence-corrected chi connectivity index (χ3v) is 6.10. The number of aromatic nitrogens is 2. The molecule has 34 heavy (non-hydrogen) atoms. The number of carbonyl (C=O) groups is 1. The van der Waals surface area contributed by atoms with Gasteiger partial charge in [0.05, 0.1) is 6.26 Å². The Labute approximate surface area is 197 Å². The summed E-state index contributed by atoms with van der Waals surface area (Å²) in [4.78, 5) is 26.3. The van der Waals surface area contributed by atoms with Gasteiger partial charge in [0.1, 0.15) is 11.6 Å². The number of furan rings is 1. The lowest BCUT2D eigenvalue weighted by Crippen LogP contribution is -2.49. The Morgan fingerprint density at radius 1 is 0.971 bits per heavy atom. The molecule has 4 aromatic rings. The van der Waals surface area contributed by atoms with Gasteiger partial charge in [-0.3, -0.25) is 4.79 Å². The number of halogens is 1. The minimum absolute atomic E-state index is 0.103. The third-order valence-electron chi connectivity index (χ3n) is 6.10. The lowest BCUT2D eigenvalue weighted by Gasteiger charge is -2.36. The molecule has 0 unspecified atom stereocenters. The second-order valence-electron chi connectivity index (χ2n) is 8.36. The molecular formula is C27H25FN4O2. The van der Waals surface area contributed by atoms with Crippen LogP contribution in [0.25, 0.3) is 11.4 Å². The molecule has 2 aromatic heterocycles. The predicted octanol–water partition coefficient (Wildman–Crippen LogP) is 4.74. The van der Waals surface area contributed by atoms with E-state index in [-0.39, 0.29) is 11.7 Å². The first-order chi connectivity index (χ1) is 16.6. The van der Waals surface area contributed by atoms with E-state index in [1.807, 2.05) is 31.2 Å². The van der Waals surface area contributed by atoms with Crippen molar-refractivity contribution >= 4 is 11.7 Å². The second-order valence-corrected chi connectivity index (χ2v) is 8.36. The molecule has 0 radical (unpaired) electrons. The van der Waals surface area contributed by atoms with Gasteiger partial charge in [-0.2, -0.15) is 0 Å². The Hall–Kier alpha value is -4.00. The SMILES string of the molecule is Cc1nc(-c2cccc(F)c2)nc(N2CCN(C(=O)c3ccco3)CC2)c1Cc1ccccc1. The quantitative estimate of drug-likeness (QED) is 0.434. The van der Waals surface area contributed by atoms with Gasteiger partial charge in [-0.15, -0.1) is 0 Å². The maximum Gasteiger partial charge on any atom is 0.289 e. The molecule has 3 heterocycles. The van der Waals surface area contributed by atoms with Crippen molar-refractivity contribution < 1.29 is 13.6 Å². The van der Waals surface area contributed by atoms with Crippen molar-refractivity contribution in [1.29, 1.82) is 0 Å². The molecule has 0 bridgehead atoms.